The molecule has 0 radical (unpaired) electrons. The summed E-state index contributed by atoms with van der Waals surface area (Å²) < 4.78 is 0.972. The quantitative estimate of drug-likeness (QED) is 0.719. The number of hydrogen-bond donors (Lipinski definition) is 1. The zero-order valence-electron chi connectivity index (χ0n) is 8.59. The minimum Gasteiger partial charge on any atom is -0.324 e. The van der Waals surface area contributed by atoms with Crippen molar-refractivity contribution in [2.45, 2.75) is 0 Å². The maximum absolute atomic E-state index is 5.87. The minimum absolute atomic E-state index is 0.231. The molecule has 3 aromatic rings. The summed E-state index contributed by atoms with van der Waals surface area (Å²) in [5, 5.41) is 5.33. The Hall–Kier alpha value is -1.72. The topological polar surface area (TPSA) is 50.7 Å². The summed E-state index contributed by atoms with van der Waals surface area (Å²) in [4.78, 5) is 12.5. The summed E-state index contributed by atoms with van der Waals surface area (Å²) in [5.74, 6) is 1.42. The number of hydrogen-bond acceptors (Lipinski definition) is 5. The van der Waals surface area contributed by atoms with E-state index < -0.39 is 0 Å². The maximum atomic E-state index is 5.87. The molecule has 0 saturated carbocycles. The highest BCUT2D eigenvalue weighted by atomic mass is 35.5. The molecular weight excluding hydrogens is 256 g/mol. The molecule has 0 amide bonds. The van der Waals surface area contributed by atoms with Crippen molar-refractivity contribution in [3.05, 3.63) is 41.1 Å². The molecule has 0 atom stereocenters. The van der Waals surface area contributed by atoms with E-state index in [1.165, 1.54) is 0 Å². The largest absolute Gasteiger partial charge is 0.324 e. The van der Waals surface area contributed by atoms with E-state index in [0.29, 0.717) is 5.82 Å². The minimum atomic E-state index is 0.231. The highest BCUT2D eigenvalue weighted by Gasteiger charge is 2.08. The highest BCUT2D eigenvalue weighted by molar-refractivity contribution is 7.17. The van der Waals surface area contributed by atoms with Crippen LogP contribution in [-0.4, -0.2) is 15.0 Å². The Kier molecular flexibility index (Phi) is 2.62. The fourth-order valence-electron chi connectivity index (χ4n) is 1.48. The number of rotatable bonds is 2. The molecule has 1 N–H and O–H groups in total. The molecule has 0 aliphatic rings. The van der Waals surface area contributed by atoms with Crippen LogP contribution < -0.4 is 5.32 Å². The molecule has 0 aliphatic carbocycles. The summed E-state index contributed by atoms with van der Waals surface area (Å²) in [6, 6.07) is 7.55. The van der Waals surface area contributed by atoms with Crippen LogP contribution in [0.4, 0.5) is 11.6 Å². The number of halogens is 1. The van der Waals surface area contributed by atoms with Crippen LogP contribution in [0.2, 0.25) is 5.28 Å². The fraction of sp³-hybridized carbons (Fsp3) is 0. The number of nitrogens with one attached hydrogen (secondary N) is 1. The number of aromatic nitrogens is 3. The molecule has 17 heavy (non-hydrogen) atoms. The number of anilines is 2. The molecule has 3 rings (SSSR count). The lowest BCUT2D eigenvalue weighted by Gasteiger charge is -2.05. The van der Waals surface area contributed by atoms with Crippen molar-refractivity contribution in [3.63, 3.8) is 0 Å². The molecule has 3 aromatic heterocycles. The summed E-state index contributed by atoms with van der Waals surface area (Å²) in [6.45, 7) is 0. The monoisotopic (exact) mass is 262 g/mol. The summed E-state index contributed by atoms with van der Waals surface area (Å²) in [5.41, 5.74) is 0.841. The molecule has 84 valence electrons. The van der Waals surface area contributed by atoms with Gasteiger partial charge in [0.05, 0.1) is 10.2 Å². The van der Waals surface area contributed by atoms with Gasteiger partial charge in [0, 0.05) is 6.20 Å². The van der Waals surface area contributed by atoms with Gasteiger partial charge in [0.2, 0.25) is 5.28 Å². The lowest BCUT2D eigenvalue weighted by molar-refractivity contribution is 1.21. The molecule has 0 fully saturated rings. The van der Waals surface area contributed by atoms with Crippen molar-refractivity contribution >= 4 is 44.8 Å². The maximum Gasteiger partial charge on any atom is 0.224 e. The molecule has 0 aromatic carbocycles. The Bertz CT molecular complexity index is 653. The Labute approximate surface area is 106 Å². The van der Waals surface area contributed by atoms with Crippen molar-refractivity contribution in [2.24, 2.45) is 0 Å². The predicted octanol–water partition coefficient (Wildman–Crippen LogP) is 3.48. The first-order valence-electron chi connectivity index (χ1n) is 4.92. The second-order valence-electron chi connectivity index (χ2n) is 3.32. The van der Waals surface area contributed by atoms with Gasteiger partial charge in [0.25, 0.3) is 0 Å². The van der Waals surface area contributed by atoms with Gasteiger partial charge in [-0.15, -0.1) is 11.3 Å². The third-order valence-electron chi connectivity index (χ3n) is 2.19. The van der Waals surface area contributed by atoms with E-state index in [2.05, 4.69) is 20.3 Å². The van der Waals surface area contributed by atoms with Gasteiger partial charge >= 0.3 is 0 Å². The van der Waals surface area contributed by atoms with E-state index >= 15 is 0 Å². The van der Waals surface area contributed by atoms with Crippen LogP contribution in [0, 0.1) is 0 Å². The number of thiophene rings is 1. The standard InChI is InChI=1S/C11H7ClN4S/c12-11-14-7-4-6-17-9(7)10(16-11)15-8-3-1-2-5-13-8/h1-6H,(H,13,14,15,16). The lowest BCUT2D eigenvalue weighted by Crippen LogP contribution is -1.97. The number of pyridine rings is 1. The van der Waals surface area contributed by atoms with Crippen LogP contribution in [0.1, 0.15) is 0 Å². The van der Waals surface area contributed by atoms with E-state index in [1.54, 1.807) is 17.5 Å². The van der Waals surface area contributed by atoms with E-state index in [1.807, 2.05) is 29.6 Å². The Morgan fingerprint density at radius 3 is 2.94 bits per heavy atom. The SMILES string of the molecule is Clc1nc(Nc2ccccn2)c2sccc2n1. The molecule has 3 heterocycles. The molecule has 4 nitrogen and oxygen atoms in total. The molecule has 0 unspecified atom stereocenters. The van der Waals surface area contributed by atoms with Gasteiger partial charge in [-0.1, -0.05) is 6.07 Å². The number of fused-ring (bicyclic) bond motifs is 1. The van der Waals surface area contributed by atoms with Crippen LogP contribution in [-0.2, 0) is 0 Å². The second-order valence-corrected chi connectivity index (χ2v) is 4.57. The lowest BCUT2D eigenvalue weighted by atomic mass is 10.4. The Morgan fingerprint density at radius 1 is 1.18 bits per heavy atom. The van der Waals surface area contributed by atoms with Crippen LogP contribution >= 0.6 is 22.9 Å². The van der Waals surface area contributed by atoms with Crippen molar-refractivity contribution in [1.29, 1.82) is 0 Å². The van der Waals surface area contributed by atoms with E-state index in [0.717, 1.165) is 16.0 Å². The zero-order valence-corrected chi connectivity index (χ0v) is 10.2. The summed E-state index contributed by atoms with van der Waals surface area (Å²) in [7, 11) is 0. The third-order valence-corrected chi connectivity index (χ3v) is 3.27. The smallest absolute Gasteiger partial charge is 0.224 e. The van der Waals surface area contributed by atoms with Gasteiger partial charge in [0.1, 0.15) is 5.82 Å². The molecule has 0 spiro atoms. The zero-order chi connectivity index (χ0) is 11.7. The van der Waals surface area contributed by atoms with E-state index in [9.17, 15) is 0 Å². The molecular formula is C11H7ClN4S. The van der Waals surface area contributed by atoms with E-state index in [-0.39, 0.29) is 5.28 Å². The van der Waals surface area contributed by atoms with Crippen LogP contribution in [0.25, 0.3) is 10.2 Å². The molecule has 0 bridgehead atoms. The average molecular weight is 263 g/mol. The molecule has 0 aliphatic heterocycles. The first kappa shape index (κ1) is 10.4. The molecule has 0 saturated heterocycles. The number of nitrogens with zero attached hydrogens (tertiary/aromatic N) is 3. The molecule has 6 heteroatoms. The summed E-state index contributed by atoms with van der Waals surface area (Å²) in [6.07, 6.45) is 1.72. The van der Waals surface area contributed by atoms with Gasteiger partial charge in [-0.3, -0.25) is 0 Å². The van der Waals surface area contributed by atoms with Crippen molar-refractivity contribution in [1.82, 2.24) is 15.0 Å². The van der Waals surface area contributed by atoms with Gasteiger partial charge in [-0.25, -0.2) is 9.97 Å². The van der Waals surface area contributed by atoms with Crippen LogP contribution in [0.15, 0.2) is 35.8 Å². The van der Waals surface area contributed by atoms with Gasteiger partial charge < -0.3 is 5.32 Å². The van der Waals surface area contributed by atoms with Crippen molar-refractivity contribution < 1.29 is 0 Å². The predicted molar refractivity (Wildman–Crippen MR) is 69.9 cm³/mol. The fourth-order valence-corrected chi connectivity index (χ4v) is 2.43. The van der Waals surface area contributed by atoms with Gasteiger partial charge in [-0.2, -0.15) is 4.98 Å². The van der Waals surface area contributed by atoms with Crippen molar-refractivity contribution in [2.75, 3.05) is 5.32 Å². The second kappa shape index (κ2) is 4.27. The third kappa shape index (κ3) is 2.07. The van der Waals surface area contributed by atoms with Gasteiger partial charge in [-0.05, 0) is 35.2 Å². The first-order chi connectivity index (χ1) is 8.33. The Balaban J connectivity index is 2.08. The van der Waals surface area contributed by atoms with Gasteiger partial charge in [0.15, 0.2) is 5.82 Å². The average Bonchev–Trinajstić information content (AvgIpc) is 2.78. The normalized spacial score (nSPS) is 10.6. The van der Waals surface area contributed by atoms with Crippen LogP contribution in [0.3, 0.4) is 0 Å². The van der Waals surface area contributed by atoms with Crippen LogP contribution in [0.5, 0.6) is 0 Å². The highest BCUT2D eigenvalue weighted by Crippen LogP contribution is 2.28. The van der Waals surface area contributed by atoms with Crippen molar-refractivity contribution in [3.8, 4) is 0 Å². The Morgan fingerprint density at radius 2 is 2.12 bits per heavy atom. The first-order valence-corrected chi connectivity index (χ1v) is 6.17. The summed E-state index contributed by atoms with van der Waals surface area (Å²) >= 11 is 7.44. The van der Waals surface area contributed by atoms with E-state index in [4.69, 9.17) is 11.6 Å².